The molecule has 0 atom stereocenters. The Kier molecular flexibility index (Phi) is 5.89. The molecule has 0 aliphatic rings. The van der Waals surface area contributed by atoms with Gasteiger partial charge in [-0.25, -0.2) is 0 Å². The van der Waals surface area contributed by atoms with Crippen molar-refractivity contribution in [3.8, 4) is 5.75 Å². The molecular formula is C16H17F3N2O3S. The first-order chi connectivity index (χ1) is 11.7. The van der Waals surface area contributed by atoms with Crippen LogP contribution in [0.3, 0.4) is 0 Å². The third-order valence-corrected chi connectivity index (χ3v) is 4.41. The number of carbonyl (C=O) groups is 1. The van der Waals surface area contributed by atoms with E-state index in [-0.39, 0.29) is 29.5 Å². The Morgan fingerprint density at radius 2 is 1.92 bits per heavy atom. The van der Waals surface area contributed by atoms with Crippen LogP contribution in [0.1, 0.15) is 17.7 Å². The minimum atomic E-state index is -4.73. The molecule has 0 aliphatic heterocycles. The highest BCUT2D eigenvalue weighted by Gasteiger charge is 2.30. The molecule has 0 saturated carbocycles. The van der Waals surface area contributed by atoms with Crippen molar-refractivity contribution in [1.29, 1.82) is 0 Å². The summed E-state index contributed by atoms with van der Waals surface area (Å²) in [7, 11) is 1.60. The number of alkyl halides is 3. The highest BCUT2D eigenvalue weighted by molar-refractivity contribution is 7.07. The molecule has 0 radical (unpaired) electrons. The molecule has 0 fully saturated rings. The number of amides is 1. The van der Waals surface area contributed by atoms with Gasteiger partial charge in [0.05, 0.1) is 0 Å². The molecule has 2 aromatic rings. The second-order valence-electron chi connectivity index (χ2n) is 5.49. The van der Waals surface area contributed by atoms with E-state index in [0.29, 0.717) is 12.1 Å². The van der Waals surface area contributed by atoms with Crippen molar-refractivity contribution in [3.63, 3.8) is 0 Å². The normalized spacial score (nSPS) is 11.4. The van der Waals surface area contributed by atoms with E-state index < -0.39 is 6.36 Å². The van der Waals surface area contributed by atoms with Gasteiger partial charge in [0, 0.05) is 37.6 Å². The molecule has 9 heteroatoms. The van der Waals surface area contributed by atoms with E-state index in [1.165, 1.54) is 29.2 Å². The van der Waals surface area contributed by atoms with Gasteiger partial charge in [-0.2, -0.15) is 0 Å². The molecule has 0 N–H and O–H groups in total. The molecule has 0 bridgehead atoms. The van der Waals surface area contributed by atoms with Crippen molar-refractivity contribution in [2.24, 2.45) is 0 Å². The average Bonchev–Trinajstić information content (AvgIpc) is 2.84. The fourth-order valence-electron chi connectivity index (χ4n) is 2.23. The Hall–Kier alpha value is -2.29. The number of aryl methyl sites for hydroxylation is 1. The van der Waals surface area contributed by atoms with Crippen molar-refractivity contribution in [1.82, 2.24) is 9.47 Å². The van der Waals surface area contributed by atoms with Crippen molar-refractivity contribution >= 4 is 17.2 Å². The maximum Gasteiger partial charge on any atom is 0.573 e. The molecule has 0 unspecified atom stereocenters. The number of aromatic nitrogens is 1. The van der Waals surface area contributed by atoms with Crippen LogP contribution in [0.4, 0.5) is 13.2 Å². The van der Waals surface area contributed by atoms with Gasteiger partial charge < -0.3 is 14.2 Å². The Bertz CT molecular complexity index is 781. The summed E-state index contributed by atoms with van der Waals surface area (Å²) in [4.78, 5) is 25.1. The SMILES string of the molecule is Cc1csc(=O)n1CCC(=O)N(C)Cc1ccc(OC(F)(F)F)cc1. The van der Waals surface area contributed by atoms with Gasteiger partial charge in [0.25, 0.3) is 0 Å². The zero-order valence-electron chi connectivity index (χ0n) is 13.7. The molecule has 0 saturated heterocycles. The summed E-state index contributed by atoms with van der Waals surface area (Å²) < 4.78 is 41.7. The number of hydrogen-bond donors (Lipinski definition) is 0. The summed E-state index contributed by atoms with van der Waals surface area (Å²) in [5.74, 6) is -0.467. The fourth-order valence-corrected chi connectivity index (χ4v) is 2.99. The maximum absolute atomic E-state index is 12.2. The number of hydrogen-bond acceptors (Lipinski definition) is 4. The number of carbonyl (C=O) groups excluding carboxylic acids is 1. The summed E-state index contributed by atoms with van der Waals surface area (Å²) in [6, 6.07) is 5.35. The van der Waals surface area contributed by atoms with Crippen LogP contribution in [-0.2, 0) is 17.9 Å². The van der Waals surface area contributed by atoms with Crippen LogP contribution in [0, 0.1) is 6.92 Å². The van der Waals surface area contributed by atoms with Gasteiger partial charge in [-0.3, -0.25) is 9.59 Å². The molecule has 5 nitrogen and oxygen atoms in total. The number of ether oxygens (including phenoxy) is 1. The predicted octanol–water partition coefficient (Wildman–Crippen LogP) is 3.17. The Labute approximate surface area is 146 Å². The number of rotatable bonds is 6. The average molecular weight is 374 g/mol. The fraction of sp³-hybridized carbons (Fsp3) is 0.375. The molecule has 1 amide bonds. The predicted molar refractivity (Wildman–Crippen MR) is 87.5 cm³/mol. The summed E-state index contributed by atoms with van der Waals surface area (Å²) in [5, 5.41) is 1.74. The van der Waals surface area contributed by atoms with Gasteiger partial charge in [0.2, 0.25) is 5.91 Å². The Balaban J connectivity index is 1.89. The lowest BCUT2D eigenvalue weighted by molar-refractivity contribution is -0.274. The standard InChI is InChI=1S/C16H17F3N2O3S/c1-11-10-25-15(23)21(11)8-7-14(22)20(2)9-12-3-5-13(6-4-12)24-16(17,18)19/h3-6,10H,7-9H2,1-2H3. The molecule has 136 valence electrons. The van der Waals surface area contributed by atoms with Crippen molar-refractivity contribution < 1.29 is 22.7 Å². The summed E-state index contributed by atoms with van der Waals surface area (Å²) in [6.07, 6.45) is -4.56. The van der Waals surface area contributed by atoms with Gasteiger partial charge in [-0.1, -0.05) is 23.5 Å². The zero-order chi connectivity index (χ0) is 18.6. The lowest BCUT2D eigenvalue weighted by Gasteiger charge is -2.18. The smallest absolute Gasteiger partial charge is 0.406 e. The van der Waals surface area contributed by atoms with Crippen LogP contribution in [0.2, 0.25) is 0 Å². The quantitative estimate of drug-likeness (QED) is 0.781. The van der Waals surface area contributed by atoms with Gasteiger partial charge in [0.1, 0.15) is 5.75 Å². The molecular weight excluding hydrogens is 357 g/mol. The number of thiazole rings is 1. The lowest BCUT2D eigenvalue weighted by atomic mass is 10.2. The van der Waals surface area contributed by atoms with E-state index in [4.69, 9.17) is 0 Å². The van der Waals surface area contributed by atoms with Crippen molar-refractivity contribution in [3.05, 3.63) is 50.6 Å². The maximum atomic E-state index is 12.2. The molecule has 1 heterocycles. The Morgan fingerprint density at radius 3 is 2.44 bits per heavy atom. The Morgan fingerprint density at radius 1 is 1.28 bits per heavy atom. The number of halogens is 3. The van der Waals surface area contributed by atoms with Crippen LogP contribution >= 0.6 is 11.3 Å². The summed E-state index contributed by atoms with van der Waals surface area (Å²) in [6.45, 7) is 2.36. The highest BCUT2D eigenvalue weighted by Crippen LogP contribution is 2.23. The molecule has 0 aliphatic carbocycles. The van der Waals surface area contributed by atoms with E-state index in [2.05, 4.69) is 4.74 Å². The van der Waals surface area contributed by atoms with E-state index >= 15 is 0 Å². The molecule has 1 aromatic heterocycles. The minimum Gasteiger partial charge on any atom is -0.406 e. The van der Waals surface area contributed by atoms with Crippen LogP contribution in [0.5, 0.6) is 5.75 Å². The first-order valence-corrected chi connectivity index (χ1v) is 8.27. The van der Waals surface area contributed by atoms with E-state index in [9.17, 15) is 22.8 Å². The van der Waals surface area contributed by atoms with Gasteiger partial charge in [0.15, 0.2) is 0 Å². The van der Waals surface area contributed by atoms with Crippen LogP contribution in [0.15, 0.2) is 34.4 Å². The molecule has 1 aromatic carbocycles. The minimum absolute atomic E-state index is 0.104. The molecule has 25 heavy (non-hydrogen) atoms. The number of nitrogens with zero attached hydrogens (tertiary/aromatic N) is 2. The van der Waals surface area contributed by atoms with Crippen molar-refractivity contribution in [2.45, 2.75) is 32.8 Å². The monoisotopic (exact) mass is 374 g/mol. The van der Waals surface area contributed by atoms with Gasteiger partial charge in [-0.15, -0.1) is 13.2 Å². The second kappa shape index (κ2) is 7.73. The van der Waals surface area contributed by atoms with Gasteiger partial charge >= 0.3 is 11.2 Å². The second-order valence-corrected chi connectivity index (χ2v) is 6.31. The first kappa shape index (κ1) is 19.0. The largest absolute Gasteiger partial charge is 0.573 e. The van der Waals surface area contributed by atoms with E-state index in [1.807, 2.05) is 0 Å². The molecule has 0 spiro atoms. The van der Waals surface area contributed by atoms with Crippen LogP contribution in [0.25, 0.3) is 0 Å². The molecule has 2 rings (SSSR count). The van der Waals surface area contributed by atoms with Crippen LogP contribution < -0.4 is 9.61 Å². The summed E-state index contributed by atoms with van der Waals surface area (Å²) in [5.41, 5.74) is 1.49. The van der Waals surface area contributed by atoms with E-state index in [1.54, 1.807) is 23.9 Å². The highest BCUT2D eigenvalue weighted by atomic mass is 32.1. The van der Waals surface area contributed by atoms with Crippen molar-refractivity contribution in [2.75, 3.05) is 7.05 Å². The lowest BCUT2D eigenvalue weighted by Crippen LogP contribution is -2.28. The number of benzene rings is 1. The first-order valence-electron chi connectivity index (χ1n) is 7.39. The zero-order valence-corrected chi connectivity index (χ0v) is 14.5. The third kappa shape index (κ3) is 5.63. The topological polar surface area (TPSA) is 51.5 Å². The van der Waals surface area contributed by atoms with E-state index in [0.717, 1.165) is 17.0 Å². The van der Waals surface area contributed by atoms with Gasteiger partial charge in [-0.05, 0) is 24.6 Å². The van der Waals surface area contributed by atoms with Crippen LogP contribution in [-0.4, -0.2) is 28.8 Å². The summed E-state index contributed by atoms with van der Waals surface area (Å²) >= 11 is 1.09. The third-order valence-electron chi connectivity index (χ3n) is 3.53.